The molecule has 3 heterocycles. The number of benzene rings is 1. The van der Waals surface area contributed by atoms with E-state index in [0.29, 0.717) is 26.1 Å². The highest BCUT2D eigenvalue weighted by Crippen LogP contribution is 2.36. The van der Waals surface area contributed by atoms with Crippen LogP contribution in [0.3, 0.4) is 0 Å². The Labute approximate surface area is 193 Å². The smallest absolute Gasteiger partial charge is 0.254 e. The third-order valence-electron chi connectivity index (χ3n) is 6.14. The second-order valence-corrected chi connectivity index (χ2v) is 9.64. The summed E-state index contributed by atoms with van der Waals surface area (Å²) in [5.74, 6) is 0.0570. The van der Waals surface area contributed by atoms with Crippen LogP contribution in [0.25, 0.3) is 11.1 Å². The van der Waals surface area contributed by atoms with Gasteiger partial charge >= 0.3 is 0 Å². The lowest BCUT2D eigenvalue weighted by Gasteiger charge is -2.42. The summed E-state index contributed by atoms with van der Waals surface area (Å²) in [7, 11) is 0. The first-order chi connectivity index (χ1) is 15.5. The molecule has 0 unspecified atom stereocenters. The number of aromatic nitrogens is 1. The lowest BCUT2D eigenvalue weighted by Crippen LogP contribution is -2.54. The van der Waals surface area contributed by atoms with Gasteiger partial charge in [-0.15, -0.1) is 11.3 Å². The van der Waals surface area contributed by atoms with Gasteiger partial charge in [-0.05, 0) is 68.0 Å². The van der Waals surface area contributed by atoms with Crippen molar-refractivity contribution in [2.75, 3.05) is 19.6 Å². The number of nitrogens with zero attached hydrogens (tertiary/aromatic N) is 2. The van der Waals surface area contributed by atoms with E-state index in [0.717, 1.165) is 40.0 Å². The maximum Gasteiger partial charge on any atom is 0.254 e. The largest absolute Gasteiger partial charge is 0.356 e. The minimum atomic E-state index is -0.633. The molecule has 1 aliphatic heterocycles. The summed E-state index contributed by atoms with van der Waals surface area (Å²) in [6.07, 6.45) is 5.76. The molecule has 0 radical (unpaired) electrons. The van der Waals surface area contributed by atoms with Crippen LogP contribution < -0.4 is 5.32 Å². The molecule has 1 fully saturated rings. The van der Waals surface area contributed by atoms with Crippen LogP contribution in [-0.2, 0) is 11.2 Å². The number of thiophene rings is 1. The first kappa shape index (κ1) is 22.2. The van der Waals surface area contributed by atoms with Gasteiger partial charge < -0.3 is 10.2 Å². The highest BCUT2D eigenvalue weighted by molar-refractivity contribution is 7.10. The summed E-state index contributed by atoms with van der Waals surface area (Å²) in [4.78, 5) is 33.6. The molecule has 1 atom stereocenters. The van der Waals surface area contributed by atoms with Gasteiger partial charge in [0.25, 0.3) is 5.91 Å². The van der Waals surface area contributed by atoms with Crippen LogP contribution in [-0.4, -0.2) is 41.3 Å². The van der Waals surface area contributed by atoms with Crippen molar-refractivity contribution in [1.29, 1.82) is 0 Å². The van der Waals surface area contributed by atoms with Crippen LogP contribution in [0, 0.1) is 12.3 Å². The first-order valence-corrected chi connectivity index (χ1v) is 12.0. The molecule has 0 saturated carbocycles. The summed E-state index contributed by atoms with van der Waals surface area (Å²) in [5, 5.41) is 4.96. The van der Waals surface area contributed by atoms with Crippen LogP contribution >= 0.6 is 11.3 Å². The summed E-state index contributed by atoms with van der Waals surface area (Å²) >= 11 is 1.58. The number of likely N-dealkylation sites (tertiary alicyclic amines) is 1. The molecule has 1 aliphatic rings. The van der Waals surface area contributed by atoms with E-state index in [-0.39, 0.29) is 11.8 Å². The van der Waals surface area contributed by atoms with Crippen molar-refractivity contribution in [3.63, 3.8) is 0 Å². The van der Waals surface area contributed by atoms with Gasteiger partial charge in [0.2, 0.25) is 5.91 Å². The van der Waals surface area contributed by atoms with E-state index >= 15 is 0 Å². The average Bonchev–Trinajstić information content (AvgIpc) is 3.26. The van der Waals surface area contributed by atoms with E-state index in [1.807, 2.05) is 48.4 Å². The summed E-state index contributed by atoms with van der Waals surface area (Å²) in [5.41, 5.74) is 3.40. The highest BCUT2D eigenvalue weighted by Gasteiger charge is 2.43. The zero-order valence-electron chi connectivity index (χ0n) is 18.6. The standard InChI is InChI=1S/C26H29N3O2S/c1-3-28-25(31)26(10-5-13-29(18-26)24(30)23-14-19(2)32-17-23)16-20-6-4-7-22(15-20)21-8-11-27-12-9-21/h4,6-9,11-12,14-15,17H,3,5,10,13,16,18H2,1-2H3,(H,28,31)/t26-/m0/s1. The van der Waals surface area contributed by atoms with Crippen molar-refractivity contribution in [3.05, 3.63) is 76.2 Å². The molecular formula is C26H29N3O2S. The second-order valence-electron chi connectivity index (χ2n) is 8.53. The maximum atomic E-state index is 13.3. The Kier molecular flexibility index (Phi) is 6.70. The lowest BCUT2D eigenvalue weighted by atomic mass is 9.74. The molecule has 0 bridgehead atoms. The fourth-order valence-corrected chi connectivity index (χ4v) is 5.27. The zero-order chi connectivity index (χ0) is 22.6. The van der Waals surface area contributed by atoms with Crippen molar-refractivity contribution in [3.8, 4) is 11.1 Å². The topological polar surface area (TPSA) is 62.3 Å². The number of carbonyl (C=O) groups excluding carboxylic acids is 2. The third-order valence-corrected chi connectivity index (χ3v) is 7.01. The van der Waals surface area contributed by atoms with Crippen molar-refractivity contribution in [2.24, 2.45) is 5.41 Å². The molecule has 1 aromatic carbocycles. The number of aryl methyl sites for hydroxylation is 1. The molecule has 166 valence electrons. The fourth-order valence-electron chi connectivity index (χ4n) is 4.60. The predicted molar refractivity (Wildman–Crippen MR) is 129 cm³/mol. The van der Waals surface area contributed by atoms with E-state index in [1.165, 1.54) is 0 Å². The Hall–Kier alpha value is -2.99. The average molecular weight is 448 g/mol. The zero-order valence-corrected chi connectivity index (χ0v) is 19.5. The molecule has 1 saturated heterocycles. The Morgan fingerprint density at radius 3 is 2.69 bits per heavy atom. The van der Waals surface area contributed by atoms with Crippen LogP contribution in [0.4, 0.5) is 0 Å². The van der Waals surface area contributed by atoms with Gasteiger partial charge in [0, 0.05) is 42.3 Å². The van der Waals surface area contributed by atoms with Crippen molar-refractivity contribution < 1.29 is 9.59 Å². The minimum absolute atomic E-state index is 0.0215. The van der Waals surface area contributed by atoms with E-state index in [4.69, 9.17) is 0 Å². The number of piperidine rings is 1. The van der Waals surface area contributed by atoms with Gasteiger partial charge in [-0.25, -0.2) is 0 Å². The monoisotopic (exact) mass is 447 g/mol. The molecule has 6 heteroatoms. The minimum Gasteiger partial charge on any atom is -0.356 e. The van der Waals surface area contributed by atoms with Crippen LogP contribution in [0.1, 0.15) is 40.6 Å². The molecule has 3 aromatic rings. The molecule has 0 spiro atoms. The lowest BCUT2D eigenvalue weighted by molar-refractivity contribution is -0.133. The van der Waals surface area contributed by atoms with Crippen LogP contribution in [0.5, 0.6) is 0 Å². The number of carbonyl (C=O) groups is 2. The van der Waals surface area contributed by atoms with Crippen molar-refractivity contribution in [1.82, 2.24) is 15.2 Å². The van der Waals surface area contributed by atoms with Gasteiger partial charge in [0.05, 0.1) is 11.0 Å². The summed E-state index contributed by atoms with van der Waals surface area (Å²) in [6.45, 7) is 5.65. The van der Waals surface area contributed by atoms with Crippen molar-refractivity contribution >= 4 is 23.2 Å². The molecule has 0 aliphatic carbocycles. The maximum absolute atomic E-state index is 13.3. The number of hydrogen-bond acceptors (Lipinski definition) is 4. The third kappa shape index (κ3) is 4.75. The fraction of sp³-hybridized carbons (Fsp3) is 0.346. The highest BCUT2D eigenvalue weighted by atomic mass is 32.1. The Bertz CT molecular complexity index is 1100. The van der Waals surface area contributed by atoms with Gasteiger partial charge in [0.15, 0.2) is 0 Å². The SMILES string of the molecule is CCNC(=O)[C@]1(Cc2cccc(-c3ccncc3)c2)CCCN(C(=O)c2csc(C)c2)C1. The van der Waals surface area contributed by atoms with Crippen LogP contribution in [0.2, 0.25) is 0 Å². The Morgan fingerprint density at radius 2 is 1.97 bits per heavy atom. The molecule has 5 nitrogen and oxygen atoms in total. The molecule has 4 rings (SSSR count). The number of nitrogens with one attached hydrogen (secondary N) is 1. The molecule has 2 aromatic heterocycles. The van der Waals surface area contributed by atoms with E-state index < -0.39 is 5.41 Å². The van der Waals surface area contributed by atoms with Gasteiger partial charge in [-0.3, -0.25) is 14.6 Å². The van der Waals surface area contributed by atoms with Gasteiger partial charge in [-0.1, -0.05) is 24.3 Å². The molecule has 2 amide bonds. The second kappa shape index (κ2) is 9.65. The van der Waals surface area contributed by atoms with E-state index in [1.54, 1.807) is 23.7 Å². The molecule has 1 N–H and O–H groups in total. The van der Waals surface area contributed by atoms with Gasteiger partial charge in [-0.2, -0.15) is 0 Å². The normalized spacial score (nSPS) is 18.4. The predicted octanol–water partition coefficient (Wildman–Crippen LogP) is 4.72. The summed E-state index contributed by atoms with van der Waals surface area (Å²) < 4.78 is 0. The van der Waals surface area contributed by atoms with E-state index in [9.17, 15) is 9.59 Å². The molecule has 32 heavy (non-hydrogen) atoms. The summed E-state index contributed by atoms with van der Waals surface area (Å²) in [6, 6.07) is 14.3. The quantitative estimate of drug-likeness (QED) is 0.595. The van der Waals surface area contributed by atoms with Crippen molar-refractivity contribution in [2.45, 2.75) is 33.1 Å². The number of amides is 2. The number of hydrogen-bond donors (Lipinski definition) is 1. The Balaban J connectivity index is 1.62. The first-order valence-electron chi connectivity index (χ1n) is 11.1. The number of pyridine rings is 1. The Morgan fingerprint density at radius 1 is 1.16 bits per heavy atom. The van der Waals surface area contributed by atoms with E-state index in [2.05, 4.69) is 28.5 Å². The number of rotatable bonds is 6. The van der Waals surface area contributed by atoms with Gasteiger partial charge in [0.1, 0.15) is 0 Å². The van der Waals surface area contributed by atoms with Crippen LogP contribution in [0.15, 0.2) is 60.2 Å². The molecular weight excluding hydrogens is 418 g/mol.